The number of aromatic carboxylic acids is 1. The summed E-state index contributed by atoms with van der Waals surface area (Å²) in [5.41, 5.74) is 2.90. The molecule has 0 spiro atoms. The van der Waals surface area contributed by atoms with Gasteiger partial charge in [0.1, 0.15) is 18.1 Å². The SMILES string of the molecule is COc1cccc(C(=O)O)c1COc1ccc(C)cc1C. The number of benzene rings is 2. The first-order chi connectivity index (χ1) is 10.0. The Morgan fingerprint density at radius 3 is 2.52 bits per heavy atom. The summed E-state index contributed by atoms with van der Waals surface area (Å²) < 4.78 is 11.0. The van der Waals surface area contributed by atoms with Gasteiger partial charge < -0.3 is 14.6 Å². The number of carboxylic acid groups (broad SMARTS) is 1. The molecule has 2 aromatic rings. The second-order valence-corrected chi connectivity index (χ2v) is 4.85. The number of hydrogen-bond donors (Lipinski definition) is 1. The molecular weight excluding hydrogens is 268 g/mol. The quantitative estimate of drug-likeness (QED) is 0.912. The van der Waals surface area contributed by atoms with E-state index in [-0.39, 0.29) is 12.2 Å². The van der Waals surface area contributed by atoms with Gasteiger partial charge in [0, 0.05) is 5.56 Å². The highest BCUT2D eigenvalue weighted by atomic mass is 16.5. The summed E-state index contributed by atoms with van der Waals surface area (Å²) in [5, 5.41) is 9.26. The van der Waals surface area contributed by atoms with E-state index < -0.39 is 5.97 Å². The standard InChI is InChI=1S/C17H18O4/c1-11-7-8-15(12(2)9-11)21-10-14-13(17(18)19)5-4-6-16(14)20-3/h4-9H,10H2,1-3H3,(H,18,19). The van der Waals surface area contributed by atoms with Crippen molar-refractivity contribution in [2.75, 3.05) is 7.11 Å². The molecule has 4 heteroatoms. The van der Waals surface area contributed by atoms with Gasteiger partial charge in [0.15, 0.2) is 0 Å². The van der Waals surface area contributed by atoms with Crippen LogP contribution in [0.5, 0.6) is 11.5 Å². The molecule has 0 unspecified atom stereocenters. The normalized spacial score (nSPS) is 10.2. The molecule has 0 fully saturated rings. The topological polar surface area (TPSA) is 55.8 Å². The fraction of sp³-hybridized carbons (Fsp3) is 0.235. The lowest BCUT2D eigenvalue weighted by Crippen LogP contribution is -2.08. The van der Waals surface area contributed by atoms with Crippen molar-refractivity contribution in [3.8, 4) is 11.5 Å². The van der Waals surface area contributed by atoms with Gasteiger partial charge in [0.2, 0.25) is 0 Å². The molecule has 21 heavy (non-hydrogen) atoms. The molecule has 0 heterocycles. The molecule has 0 atom stereocenters. The number of hydrogen-bond acceptors (Lipinski definition) is 3. The van der Waals surface area contributed by atoms with E-state index in [4.69, 9.17) is 9.47 Å². The van der Waals surface area contributed by atoms with Crippen molar-refractivity contribution in [2.45, 2.75) is 20.5 Å². The number of carbonyl (C=O) groups is 1. The zero-order valence-electron chi connectivity index (χ0n) is 12.3. The van der Waals surface area contributed by atoms with Gasteiger partial charge in [-0.1, -0.05) is 23.8 Å². The molecule has 110 valence electrons. The zero-order valence-corrected chi connectivity index (χ0v) is 12.3. The van der Waals surface area contributed by atoms with Crippen LogP contribution in [0.4, 0.5) is 0 Å². The Balaban J connectivity index is 2.28. The molecule has 0 radical (unpaired) electrons. The number of rotatable bonds is 5. The molecule has 1 N–H and O–H groups in total. The van der Waals surface area contributed by atoms with Crippen LogP contribution in [-0.4, -0.2) is 18.2 Å². The van der Waals surface area contributed by atoms with Crippen LogP contribution in [0.25, 0.3) is 0 Å². The second kappa shape index (κ2) is 6.31. The molecule has 0 aliphatic carbocycles. The highest BCUT2D eigenvalue weighted by Crippen LogP contribution is 2.26. The Morgan fingerprint density at radius 1 is 1.14 bits per heavy atom. The highest BCUT2D eigenvalue weighted by Gasteiger charge is 2.15. The highest BCUT2D eigenvalue weighted by molar-refractivity contribution is 5.90. The van der Waals surface area contributed by atoms with E-state index in [1.165, 1.54) is 7.11 Å². The first-order valence-electron chi connectivity index (χ1n) is 6.62. The lowest BCUT2D eigenvalue weighted by Gasteiger charge is -2.14. The maximum absolute atomic E-state index is 11.3. The van der Waals surface area contributed by atoms with Crippen LogP contribution in [0.15, 0.2) is 36.4 Å². The van der Waals surface area contributed by atoms with E-state index in [0.717, 1.165) is 16.9 Å². The van der Waals surface area contributed by atoms with Gasteiger partial charge in [-0.15, -0.1) is 0 Å². The number of ether oxygens (including phenoxy) is 2. The average molecular weight is 286 g/mol. The summed E-state index contributed by atoms with van der Waals surface area (Å²) in [4.78, 5) is 11.3. The van der Waals surface area contributed by atoms with Crippen molar-refractivity contribution in [1.82, 2.24) is 0 Å². The third-order valence-corrected chi connectivity index (χ3v) is 3.29. The van der Waals surface area contributed by atoms with Gasteiger partial charge >= 0.3 is 5.97 Å². The van der Waals surface area contributed by atoms with E-state index in [0.29, 0.717) is 11.3 Å². The molecule has 4 nitrogen and oxygen atoms in total. The van der Waals surface area contributed by atoms with Gasteiger partial charge in [0.05, 0.1) is 12.7 Å². The summed E-state index contributed by atoms with van der Waals surface area (Å²) in [5.74, 6) is 0.260. The molecule has 0 saturated heterocycles. The number of aryl methyl sites for hydroxylation is 2. The minimum absolute atomic E-state index is 0.148. The maximum atomic E-state index is 11.3. The van der Waals surface area contributed by atoms with Crippen LogP contribution in [0, 0.1) is 13.8 Å². The molecule has 0 amide bonds. The Kier molecular flexibility index (Phi) is 4.48. The Labute approximate surface area is 123 Å². The van der Waals surface area contributed by atoms with Gasteiger partial charge in [-0.2, -0.15) is 0 Å². The third-order valence-electron chi connectivity index (χ3n) is 3.29. The van der Waals surface area contributed by atoms with Crippen molar-refractivity contribution in [1.29, 1.82) is 0 Å². The van der Waals surface area contributed by atoms with Crippen LogP contribution in [0.3, 0.4) is 0 Å². The van der Waals surface area contributed by atoms with Crippen molar-refractivity contribution >= 4 is 5.97 Å². The molecule has 0 aliphatic rings. The number of methoxy groups -OCH3 is 1. The Hall–Kier alpha value is -2.49. The summed E-state index contributed by atoms with van der Waals surface area (Å²) in [6, 6.07) is 10.8. The second-order valence-electron chi connectivity index (χ2n) is 4.85. The van der Waals surface area contributed by atoms with E-state index in [1.54, 1.807) is 18.2 Å². The van der Waals surface area contributed by atoms with E-state index in [1.807, 2.05) is 32.0 Å². The first kappa shape index (κ1) is 14.9. The fourth-order valence-electron chi connectivity index (χ4n) is 2.22. The summed E-state index contributed by atoms with van der Waals surface area (Å²) in [6.07, 6.45) is 0. The largest absolute Gasteiger partial charge is 0.496 e. The average Bonchev–Trinajstić information content (AvgIpc) is 2.45. The molecule has 2 rings (SSSR count). The van der Waals surface area contributed by atoms with E-state index in [9.17, 15) is 9.90 Å². The monoisotopic (exact) mass is 286 g/mol. The van der Waals surface area contributed by atoms with Crippen molar-refractivity contribution in [3.63, 3.8) is 0 Å². The molecule has 0 aromatic heterocycles. The summed E-state index contributed by atoms with van der Waals surface area (Å²) in [6.45, 7) is 4.12. The Morgan fingerprint density at radius 2 is 1.90 bits per heavy atom. The fourth-order valence-corrected chi connectivity index (χ4v) is 2.22. The van der Waals surface area contributed by atoms with Crippen LogP contribution in [0.1, 0.15) is 27.0 Å². The minimum Gasteiger partial charge on any atom is -0.496 e. The van der Waals surface area contributed by atoms with Crippen LogP contribution in [-0.2, 0) is 6.61 Å². The van der Waals surface area contributed by atoms with E-state index >= 15 is 0 Å². The lowest BCUT2D eigenvalue weighted by atomic mass is 10.1. The molecular formula is C17H18O4. The molecule has 0 saturated carbocycles. The molecule has 0 aliphatic heterocycles. The third kappa shape index (κ3) is 3.34. The van der Waals surface area contributed by atoms with Crippen molar-refractivity contribution in [3.05, 3.63) is 58.7 Å². The smallest absolute Gasteiger partial charge is 0.336 e. The van der Waals surface area contributed by atoms with Gasteiger partial charge in [-0.05, 0) is 37.6 Å². The molecule has 2 aromatic carbocycles. The van der Waals surface area contributed by atoms with Gasteiger partial charge in [-0.25, -0.2) is 4.79 Å². The Bertz CT molecular complexity index is 662. The molecule has 0 bridgehead atoms. The predicted molar refractivity (Wildman–Crippen MR) is 80.2 cm³/mol. The number of carboxylic acids is 1. The van der Waals surface area contributed by atoms with Crippen molar-refractivity contribution < 1.29 is 19.4 Å². The summed E-state index contributed by atoms with van der Waals surface area (Å²) in [7, 11) is 1.52. The van der Waals surface area contributed by atoms with E-state index in [2.05, 4.69) is 0 Å². The lowest BCUT2D eigenvalue weighted by molar-refractivity contribution is 0.0693. The van der Waals surface area contributed by atoms with Gasteiger partial charge in [0.25, 0.3) is 0 Å². The van der Waals surface area contributed by atoms with Gasteiger partial charge in [-0.3, -0.25) is 0 Å². The first-order valence-corrected chi connectivity index (χ1v) is 6.62. The maximum Gasteiger partial charge on any atom is 0.336 e. The van der Waals surface area contributed by atoms with Crippen molar-refractivity contribution in [2.24, 2.45) is 0 Å². The zero-order chi connectivity index (χ0) is 15.4. The summed E-state index contributed by atoms with van der Waals surface area (Å²) >= 11 is 0. The van der Waals surface area contributed by atoms with Crippen LogP contribution in [0.2, 0.25) is 0 Å². The predicted octanol–water partition coefficient (Wildman–Crippen LogP) is 3.59. The van der Waals surface area contributed by atoms with Crippen LogP contribution < -0.4 is 9.47 Å². The van der Waals surface area contributed by atoms with Crippen LogP contribution >= 0.6 is 0 Å². The minimum atomic E-state index is -0.992.